The lowest BCUT2D eigenvalue weighted by Gasteiger charge is -2.17. The van der Waals surface area contributed by atoms with E-state index < -0.39 is 22.0 Å². The predicted octanol–water partition coefficient (Wildman–Crippen LogP) is 3.84. The van der Waals surface area contributed by atoms with Crippen LogP contribution in [0.25, 0.3) is 0 Å². The fourth-order valence-corrected chi connectivity index (χ4v) is 4.31. The van der Waals surface area contributed by atoms with Gasteiger partial charge in [0.1, 0.15) is 12.4 Å². The highest BCUT2D eigenvalue weighted by atomic mass is 32.2. The van der Waals surface area contributed by atoms with Gasteiger partial charge in [0.2, 0.25) is 21.8 Å². The van der Waals surface area contributed by atoms with Crippen LogP contribution in [0.1, 0.15) is 25.0 Å². The molecule has 0 unspecified atom stereocenters. The van der Waals surface area contributed by atoms with Gasteiger partial charge in [-0.15, -0.1) is 0 Å². The Morgan fingerprint density at radius 2 is 1.62 bits per heavy atom. The van der Waals surface area contributed by atoms with Crippen LogP contribution >= 0.6 is 0 Å². The lowest BCUT2D eigenvalue weighted by Crippen LogP contribution is -2.41. The fraction of sp³-hybridized carbons (Fsp3) is 0.200. The van der Waals surface area contributed by atoms with Crippen molar-refractivity contribution < 1.29 is 22.7 Å². The quantitative estimate of drug-likeness (QED) is 0.430. The van der Waals surface area contributed by atoms with Crippen molar-refractivity contribution in [3.63, 3.8) is 0 Å². The van der Waals surface area contributed by atoms with Gasteiger partial charge in [-0.1, -0.05) is 36.4 Å². The number of sulfonamides is 1. The maximum Gasteiger partial charge on any atom is 0.242 e. The SMILES string of the molecule is CC(=O)Nc1ccc(S(=O)(=O)N[C@@H](C)C(=O)Nc2ccc(C)cc2OCc2ccccc2)cc1. The van der Waals surface area contributed by atoms with Crippen molar-refractivity contribution in [1.82, 2.24) is 4.72 Å². The highest BCUT2D eigenvalue weighted by Crippen LogP contribution is 2.27. The molecule has 0 spiro atoms. The van der Waals surface area contributed by atoms with E-state index in [0.717, 1.165) is 11.1 Å². The zero-order valence-corrected chi connectivity index (χ0v) is 20.0. The smallest absolute Gasteiger partial charge is 0.242 e. The highest BCUT2D eigenvalue weighted by Gasteiger charge is 2.23. The summed E-state index contributed by atoms with van der Waals surface area (Å²) in [6.45, 7) is 5.05. The maximum atomic E-state index is 12.8. The summed E-state index contributed by atoms with van der Waals surface area (Å²) in [7, 11) is -3.96. The molecule has 0 heterocycles. The van der Waals surface area contributed by atoms with Crippen LogP contribution in [0.2, 0.25) is 0 Å². The summed E-state index contributed by atoms with van der Waals surface area (Å²) < 4.78 is 33.7. The molecular weight excluding hydrogens is 454 g/mol. The zero-order chi connectivity index (χ0) is 24.7. The zero-order valence-electron chi connectivity index (χ0n) is 19.2. The van der Waals surface area contributed by atoms with Crippen molar-refractivity contribution in [3.05, 3.63) is 83.9 Å². The van der Waals surface area contributed by atoms with E-state index in [2.05, 4.69) is 15.4 Å². The average Bonchev–Trinajstić information content (AvgIpc) is 2.79. The van der Waals surface area contributed by atoms with Crippen LogP contribution in [0.4, 0.5) is 11.4 Å². The van der Waals surface area contributed by atoms with Crippen LogP contribution in [0.15, 0.2) is 77.7 Å². The molecular formula is C25H27N3O5S. The minimum absolute atomic E-state index is 0.0246. The van der Waals surface area contributed by atoms with Crippen LogP contribution < -0.4 is 20.1 Å². The molecule has 8 nitrogen and oxygen atoms in total. The molecule has 1 atom stereocenters. The molecule has 178 valence electrons. The minimum Gasteiger partial charge on any atom is -0.487 e. The third-order valence-corrected chi connectivity index (χ3v) is 6.40. The number of benzene rings is 3. The van der Waals surface area contributed by atoms with E-state index in [1.54, 1.807) is 6.07 Å². The molecule has 3 aromatic rings. The number of nitrogens with one attached hydrogen (secondary N) is 3. The Bertz CT molecular complexity index is 1260. The largest absolute Gasteiger partial charge is 0.487 e. The number of hydrogen-bond donors (Lipinski definition) is 3. The van der Waals surface area contributed by atoms with Gasteiger partial charge in [0, 0.05) is 12.6 Å². The molecule has 3 N–H and O–H groups in total. The van der Waals surface area contributed by atoms with Crippen LogP contribution in [0.5, 0.6) is 5.75 Å². The number of rotatable bonds is 9. The first-order valence-electron chi connectivity index (χ1n) is 10.6. The van der Waals surface area contributed by atoms with Gasteiger partial charge in [0.25, 0.3) is 0 Å². The molecule has 0 saturated carbocycles. The number of hydrogen-bond acceptors (Lipinski definition) is 5. The van der Waals surface area contributed by atoms with Crippen LogP contribution in [-0.4, -0.2) is 26.3 Å². The van der Waals surface area contributed by atoms with Crippen molar-refractivity contribution in [3.8, 4) is 5.75 Å². The summed E-state index contributed by atoms with van der Waals surface area (Å²) in [5.74, 6) is -0.310. The third-order valence-electron chi connectivity index (χ3n) is 4.84. The Kier molecular flexibility index (Phi) is 8.04. The van der Waals surface area contributed by atoms with Crippen molar-refractivity contribution in [2.45, 2.75) is 38.3 Å². The van der Waals surface area contributed by atoms with Gasteiger partial charge in [-0.05, 0) is 61.4 Å². The summed E-state index contributed by atoms with van der Waals surface area (Å²) >= 11 is 0. The average molecular weight is 482 g/mol. The molecule has 0 aliphatic rings. The second kappa shape index (κ2) is 11.0. The Balaban J connectivity index is 1.67. The van der Waals surface area contributed by atoms with Crippen molar-refractivity contribution >= 4 is 33.2 Å². The monoisotopic (exact) mass is 481 g/mol. The van der Waals surface area contributed by atoms with Crippen LogP contribution in [0, 0.1) is 6.92 Å². The van der Waals surface area contributed by atoms with E-state index in [1.807, 2.05) is 49.4 Å². The van der Waals surface area contributed by atoms with Gasteiger partial charge in [-0.3, -0.25) is 9.59 Å². The topological polar surface area (TPSA) is 114 Å². The molecule has 2 amide bonds. The second-order valence-corrected chi connectivity index (χ2v) is 9.53. The lowest BCUT2D eigenvalue weighted by atomic mass is 10.2. The van der Waals surface area contributed by atoms with Crippen molar-refractivity contribution in [1.29, 1.82) is 0 Å². The summed E-state index contributed by atoms with van der Waals surface area (Å²) in [5, 5.41) is 5.31. The van der Waals surface area contributed by atoms with Crippen LogP contribution in [-0.2, 0) is 26.2 Å². The van der Waals surface area contributed by atoms with E-state index in [4.69, 9.17) is 4.74 Å². The van der Waals surface area contributed by atoms with Gasteiger partial charge in [-0.25, -0.2) is 8.42 Å². The molecule has 0 aliphatic heterocycles. The van der Waals surface area contributed by atoms with Crippen molar-refractivity contribution in [2.24, 2.45) is 0 Å². The third kappa shape index (κ3) is 6.90. The number of carbonyl (C=O) groups is 2. The first kappa shape index (κ1) is 24.9. The van der Waals surface area contributed by atoms with Crippen LogP contribution in [0.3, 0.4) is 0 Å². The Morgan fingerprint density at radius 3 is 2.26 bits per heavy atom. The first-order valence-corrected chi connectivity index (χ1v) is 12.1. The summed E-state index contributed by atoms with van der Waals surface area (Å²) in [5.41, 5.74) is 2.85. The number of carbonyl (C=O) groups excluding carboxylic acids is 2. The van der Waals surface area contributed by atoms with Gasteiger partial charge in [-0.2, -0.15) is 4.72 Å². The van der Waals surface area contributed by atoms with Gasteiger partial charge < -0.3 is 15.4 Å². The van der Waals surface area contributed by atoms with E-state index in [-0.39, 0.29) is 10.8 Å². The van der Waals surface area contributed by atoms with Gasteiger partial charge in [0.05, 0.1) is 16.6 Å². The molecule has 3 rings (SSSR count). The predicted molar refractivity (Wildman–Crippen MR) is 131 cm³/mol. The molecule has 0 bridgehead atoms. The molecule has 34 heavy (non-hydrogen) atoms. The fourth-order valence-electron chi connectivity index (χ4n) is 3.10. The van der Waals surface area contributed by atoms with Crippen molar-refractivity contribution in [2.75, 3.05) is 10.6 Å². The van der Waals surface area contributed by atoms with E-state index in [1.165, 1.54) is 38.1 Å². The Labute approximate surface area is 199 Å². The van der Waals surface area contributed by atoms with Gasteiger partial charge in [0.15, 0.2) is 0 Å². The lowest BCUT2D eigenvalue weighted by molar-refractivity contribution is -0.117. The molecule has 0 radical (unpaired) electrons. The highest BCUT2D eigenvalue weighted by molar-refractivity contribution is 7.89. The number of ether oxygens (including phenoxy) is 1. The second-order valence-electron chi connectivity index (χ2n) is 7.81. The molecule has 3 aromatic carbocycles. The minimum atomic E-state index is -3.96. The molecule has 0 fully saturated rings. The van der Waals surface area contributed by atoms with E-state index in [9.17, 15) is 18.0 Å². The Hall–Kier alpha value is -3.69. The van der Waals surface area contributed by atoms with E-state index in [0.29, 0.717) is 23.7 Å². The number of aryl methyl sites for hydroxylation is 1. The summed E-state index contributed by atoms with van der Waals surface area (Å²) in [6, 6.07) is 19.6. The van der Waals surface area contributed by atoms with E-state index >= 15 is 0 Å². The molecule has 9 heteroatoms. The number of amides is 2. The first-order chi connectivity index (χ1) is 16.1. The molecule has 0 saturated heterocycles. The normalized spacial score (nSPS) is 12.0. The van der Waals surface area contributed by atoms with Gasteiger partial charge >= 0.3 is 0 Å². The molecule has 0 aromatic heterocycles. The standard InChI is InChI=1S/C25H27N3O5S/c1-17-9-14-23(24(15-17)33-16-20-7-5-4-6-8-20)27-25(30)18(2)28-34(31,32)22-12-10-21(11-13-22)26-19(3)29/h4-15,18,28H,16H2,1-3H3,(H,26,29)(H,27,30)/t18-/m0/s1. The molecule has 0 aliphatic carbocycles. The number of anilines is 2. The summed E-state index contributed by atoms with van der Waals surface area (Å²) in [6.07, 6.45) is 0. The Morgan fingerprint density at radius 1 is 0.941 bits per heavy atom. The summed E-state index contributed by atoms with van der Waals surface area (Å²) in [4.78, 5) is 23.9. The maximum absolute atomic E-state index is 12.8.